The lowest BCUT2D eigenvalue weighted by Crippen LogP contribution is -2.15. The molecule has 0 spiro atoms. The van der Waals surface area contributed by atoms with Crippen molar-refractivity contribution in [1.29, 1.82) is 0 Å². The van der Waals surface area contributed by atoms with Crippen LogP contribution in [0.25, 0.3) is 5.82 Å². The lowest BCUT2D eigenvalue weighted by molar-refractivity contribution is 0.278. The minimum Gasteiger partial charge on any atom is -0.391 e. The quantitative estimate of drug-likeness (QED) is 0.904. The van der Waals surface area contributed by atoms with E-state index in [1.54, 1.807) is 12.3 Å². The van der Waals surface area contributed by atoms with Crippen LogP contribution in [0.2, 0.25) is 5.15 Å². The summed E-state index contributed by atoms with van der Waals surface area (Å²) in [5, 5.41) is 14.3. The lowest BCUT2D eigenvalue weighted by Gasteiger charge is -2.16. The van der Waals surface area contributed by atoms with E-state index in [0.717, 1.165) is 5.69 Å². The van der Waals surface area contributed by atoms with Gasteiger partial charge in [-0.3, -0.25) is 0 Å². The van der Waals surface area contributed by atoms with Gasteiger partial charge in [-0.1, -0.05) is 32.4 Å². The van der Waals surface area contributed by atoms with Crippen LogP contribution in [0.15, 0.2) is 18.6 Å². The molecule has 96 valence electrons. The number of halogens is 1. The Hall–Kier alpha value is -1.46. The number of aliphatic hydroxyl groups is 1. The average Bonchev–Trinajstić information content (AvgIpc) is 2.67. The van der Waals surface area contributed by atoms with Crippen LogP contribution in [0.3, 0.4) is 0 Å². The first kappa shape index (κ1) is 13.0. The lowest BCUT2D eigenvalue weighted by atomic mass is 9.90. The maximum atomic E-state index is 9.45. The number of nitrogens with zero attached hydrogens (tertiary/aromatic N) is 4. The molecule has 1 N–H and O–H groups in total. The van der Waals surface area contributed by atoms with E-state index >= 15 is 0 Å². The third-order valence-electron chi connectivity index (χ3n) is 2.57. The topological polar surface area (TPSA) is 63.8 Å². The van der Waals surface area contributed by atoms with E-state index in [2.05, 4.69) is 15.1 Å². The molecule has 5 nitrogen and oxygen atoms in total. The molecular weight excluding hydrogens is 252 g/mol. The first-order chi connectivity index (χ1) is 8.45. The Kier molecular flexibility index (Phi) is 3.36. The van der Waals surface area contributed by atoms with E-state index < -0.39 is 0 Å². The largest absolute Gasteiger partial charge is 0.391 e. The predicted octanol–water partition coefficient (Wildman–Crippen LogP) is 2.11. The Labute approximate surface area is 110 Å². The number of hydrogen-bond acceptors (Lipinski definition) is 4. The van der Waals surface area contributed by atoms with Crippen molar-refractivity contribution in [2.24, 2.45) is 0 Å². The second-order valence-electron chi connectivity index (χ2n) is 5.01. The van der Waals surface area contributed by atoms with Crippen molar-refractivity contribution in [3.8, 4) is 5.82 Å². The Bertz CT molecular complexity index is 545. The molecule has 2 heterocycles. The summed E-state index contributed by atoms with van der Waals surface area (Å²) < 4.78 is 1.52. The molecule has 0 radical (unpaired) electrons. The highest BCUT2D eigenvalue weighted by atomic mass is 35.5. The molecule has 0 saturated carbocycles. The van der Waals surface area contributed by atoms with Gasteiger partial charge < -0.3 is 5.11 Å². The second kappa shape index (κ2) is 4.66. The molecular formula is C12H15ClN4O. The molecule has 0 aliphatic heterocycles. The molecule has 0 bridgehead atoms. The second-order valence-corrected chi connectivity index (χ2v) is 5.36. The normalized spacial score (nSPS) is 11.8. The maximum Gasteiger partial charge on any atom is 0.158 e. The van der Waals surface area contributed by atoms with Crippen LogP contribution in [-0.4, -0.2) is 24.9 Å². The average molecular weight is 267 g/mol. The molecule has 2 rings (SSSR count). The van der Waals surface area contributed by atoms with Gasteiger partial charge in [-0.25, -0.2) is 14.6 Å². The summed E-state index contributed by atoms with van der Waals surface area (Å²) in [6.07, 6.45) is 3.05. The standard InChI is InChI=1S/C12H15ClN4O/c1-12(2,3)10-8(6-18)11(13)17(16-10)9-4-5-14-7-15-9/h4-5,7,18H,6H2,1-3H3. The Morgan fingerprint density at radius 3 is 2.56 bits per heavy atom. The van der Waals surface area contributed by atoms with Crippen LogP contribution in [-0.2, 0) is 12.0 Å². The zero-order valence-electron chi connectivity index (χ0n) is 10.6. The van der Waals surface area contributed by atoms with Crippen molar-refractivity contribution in [2.45, 2.75) is 32.8 Å². The molecule has 0 aliphatic carbocycles. The van der Waals surface area contributed by atoms with Crippen molar-refractivity contribution >= 4 is 11.6 Å². The summed E-state index contributed by atoms with van der Waals surface area (Å²) in [6.45, 7) is 5.93. The molecule has 0 unspecified atom stereocenters. The third-order valence-corrected chi connectivity index (χ3v) is 2.96. The van der Waals surface area contributed by atoms with Crippen LogP contribution >= 0.6 is 11.6 Å². The zero-order valence-corrected chi connectivity index (χ0v) is 11.3. The number of rotatable bonds is 2. The van der Waals surface area contributed by atoms with Gasteiger partial charge in [0.25, 0.3) is 0 Å². The van der Waals surface area contributed by atoms with Gasteiger partial charge >= 0.3 is 0 Å². The van der Waals surface area contributed by atoms with Crippen molar-refractivity contribution < 1.29 is 5.11 Å². The van der Waals surface area contributed by atoms with E-state index in [9.17, 15) is 5.11 Å². The number of aliphatic hydroxyl groups excluding tert-OH is 1. The summed E-state index contributed by atoms with van der Waals surface area (Å²) in [4.78, 5) is 7.96. The number of hydrogen-bond donors (Lipinski definition) is 1. The van der Waals surface area contributed by atoms with Crippen molar-refractivity contribution in [1.82, 2.24) is 19.7 Å². The van der Waals surface area contributed by atoms with Gasteiger partial charge in [0.1, 0.15) is 11.5 Å². The third kappa shape index (κ3) is 2.23. The highest BCUT2D eigenvalue weighted by molar-refractivity contribution is 6.30. The van der Waals surface area contributed by atoms with E-state index in [1.165, 1.54) is 11.0 Å². The van der Waals surface area contributed by atoms with Crippen LogP contribution in [0.1, 0.15) is 32.0 Å². The highest BCUT2D eigenvalue weighted by Crippen LogP contribution is 2.31. The molecule has 2 aromatic heterocycles. The molecule has 0 saturated heterocycles. The van der Waals surface area contributed by atoms with Crippen molar-refractivity contribution in [3.63, 3.8) is 0 Å². The fraction of sp³-hybridized carbons (Fsp3) is 0.417. The summed E-state index contributed by atoms with van der Waals surface area (Å²) >= 11 is 6.25. The van der Waals surface area contributed by atoms with Gasteiger partial charge in [0.2, 0.25) is 0 Å². The molecule has 0 atom stereocenters. The molecule has 0 aromatic carbocycles. The van der Waals surface area contributed by atoms with Crippen LogP contribution < -0.4 is 0 Å². The van der Waals surface area contributed by atoms with E-state index in [0.29, 0.717) is 16.5 Å². The smallest absolute Gasteiger partial charge is 0.158 e. The van der Waals surface area contributed by atoms with E-state index in [1.807, 2.05) is 20.8 Å². The Morgan fingerprint density at radius 1 is 1.39 bits per heavy atom. The molecule has 18 heavy (non-hydrogen) atoms. The highest BCUT2D eigenvalue weighted by Gasteiger charge is 2.26. The molecule has 2 aromatic rings. The Morgan fingerprint density at radius 2 is 2.11 bits per heavy atom. The summed E-state index contributed by atoms with van der Waals surface area (Å²) in [7, 11) is 0. The summed E-state index contributed by atoms with van der Waals surface area (Å²) in [6, 6.07) is 1.71. The van der Waals surface area contributed by atoms with Crippen LogP contribution in [0.4, 0.5) is 0 Å². The Balaban J connectivity index is 2.61. The van der Waals surface area contributed by atoms with Crippen molar-refractivity contribution in [3.05, 3.63) is 35.0 Å². The SMILES string of the molecule is CC(C)(C)c1nn(-c2ccncn2)c(Cl)c1CO. The maximum absolute atomic E-state index is 9.45. The molecule has 0 amide bonds. The monoisotopic (exact) mass is 266 g/mol. The first-order valence-corrected chi connectivity index (χ1v) is 5.98. The predicted molar refractivity (Wildman–Crippen MR) is 68.8 cm³/mol. The van der Waals surface area contributed by atoms with Crippen molar-refractivity contribution in [2.75, 3.05) is 0 Å². The molecule has 0 fully saturated rings. The van der Waals surface area contributed by atoms with Crippen LogP contribution in [0, 0.1) is 0 Å². The molecule has 6 heteroatoms. The fourth-order valence-corrected chi connectivity index (χ4v) is 2.01. The number of aromatic nitrogens is 4. The summed E-state index contributed by atoms with van der Waals surface area (Å²) in [5.41, 5.74) is 1.22. The van der Waals surface area contributed by atoms with Crippen LogP contribution in [0.5, 0.6) is 0 Å². The van der Waals surface area contributed by atoms with Gasteiger partial charge in [-0.2, -0.15) is 5.10 Å². The van der Waals surface area contributed by atoms with Gasteiger partial charge in [0, 0.05) is 23.2 Å². The molecule has 0 aliphatic rings. The first-order valence-electron chi connectivity index (χ1n) is 5.60. The van der Waals surface area contributed by atoms with E-state index in [-0.39, 0.29) is 12.0 Å². The van der Waals surface area contributed by atoms with Gasteiger partial charge in [0.15, 0.2) is 5.82 Å². The minimum absolute atomic E-state index is 0.142. The summed E-state index contributed by atoms with van der Waals surface area (Å²) in [5.74, 6) is 0.584. The zero-order chi connectivity index (χ0) is 13.3. The van der Waals surface area contributed by atoms with E-state index in [4.69, 9.17) is 11.6 Å². The van der Waals surface area contributed by atoms with Gasteiger partial charge in [-0.15, -0.1) is 0 Å². The fourth-order valence-electron chi connectivity index (χ4n) is 1.73. The van der Waals surface area contributed by atoms with Gasteiger partial charge in [0.05, 0.1) is 12.3 Å². The minimum atomic E-state index is -0.194. The van der Waals surface area contributed by atoms with Gasteiger partial charge in [-0.05, 0) is 0 Å².